The van der Waals surface area contributed by atoms with Gasteiger partial charge < -0.3 is 10.2 Å². The van der Waals surface area contributed by atoms with E-state index in [-0.39, 0.29) is 11.9 Å². The Morgan fingerprint density at radius 1 is 1.24 bits per heavy atom. The number of aromatic nitrogens is 2. The van der Waals surface area contributed by atoms with Gasteiger partial charge in [0.1, 0.15) is 11.3 Å². The van der Waals surface area contributed by atoms with Gasteiger partial charge in [-0.15, -0.1) is 0 Å². The largest absolute Gasteiger partial charge is 0.335 e. The van der Waals surface area contributed by atoms with Crippen molar-refractivity contribution in [3.8, 4) is 0 Å². The maximum absolute atomic E-state index is 13.1. The van der Waals surface area contributed by atoms with E-state index in [0.29, 0.717) is 12.2 Å². The maximum atomic E-state index is 13.1. The van der Waals surface area contributed by atoms with Crippen LogP contribution in [-0.4, -0.2) is 39.8 Å². The van der Waals surface area contributed by atoms with Gasteiger partial charge >= 0.3 is 0 Å². The van der Waals surface area contributed by atoms with E-state index in [1.165, 1.54) is 5.56 Å². The lowest BCUT2D eigenvalue weighted by Crippen LogP contribution is -2.36. The first kappa shape index (κ1) is 15.8. The second-order valence-electron chi connectivity index (χ2n) is 6.60. The SMILES string of the molecule is Cc1ccn2c(C(=O)N3CCCNC(c4ccccc4)C3)cnc2c1. The molecule has 3 aromatic rings. The van der Waals surface area contributed by atoms with Crippen LogP contribution in [0.25, 0.3) is 5.65 Å². The van der Waals surface area contributed by atoms with Crippen LogP contribution in [-0.2, 0) is 0 Å². The molecule has 1 aromatic carbocycles. The molecule has 128 valence electrons. The molecule has 0 saturated carbocycles. The van der Waals surface area contributed by atoms with Crippen molar-refractivity contribution in [2.75, 3.05) is 19.6 Å². The first-order valence-corrected chi connectivity index (χ1v) is 8.74. The minimum Gasteiger partial charge on any atom is -0.335 e. The smallest absolute Gasteiger partial charge is 0.272 e. The van der Waals surface area contributed by atoms with E-state index in [2.05, 4.69) is 22.4 Å². The van der Waals surface area contributed by atoms with Crippen LogP contribution in [0, 0.1) is 6.92 Å². The number of amides is 1. The molecule has 1 fully saturated rings. The summed E-state index contributed by atoms with van der Waals surface area (Å²) in [5.74, 6) is 0.0426. The van der Waals surface area contributed by atoms with Crippen molar-refractivity contribution in [1.82, 2.24) is 19.6 Å². The lowest BCUT2D eigenvalue weighted by Gasteiger charge is -2.24. The van der Waals surface area contributed by atoms with Crippen molar-refractivity contribution in [1.29, 1.82) is 0 Å². The van der Waals surface area contributed by atoms with Crippen molar-refractivity contribution in [3.05, 3.63) is 71.7 Å². The quantitative estimate of drug-likeness (QED) is 0.784. The van der Waals surface area contributed by atoms with E-state index in [4.69, 9.17) is 0 Å². The molecule has 25 heavy (non-hydrogen) atoms. The van der Waals surface area contributed by atoms with Gasteiger partial charge in [0.2, 0.25) is 0 Å². The fourth-order valence-corrected chi connectivity index (χ4v) is 3.42. The standard InChI is InChI=1S/C20H22N4O/c1-15-8-11-24-18(13-22-19(24)12-15)20(25)23-10-5-9-21-17(14-23)16-6-3-2-4-7-16/h2-4,6-8,11-13,17,21H,5,9-10,14H2,1H3. The predicted octanol–water partition coefficient (Wildman–Crippen LogP) is 2.82. The van der Waals surface area contributed by atoms with Crippen LogP contribution in [0.3, 0.4) is 0 Å². The summed E-state index contributed by atoms with van der Waals surface area (Å²) in [5, 5.41) is 3.56. The lowest BCUT2D eigenvalue weighted by atomic mass is 10.1. The molecule has 5 heteroatoms. The zero-order valence-corrected chi connectivity index (χ0v) is 14.4. The Morgan fingerprint density at radius 3 is 2.92 bits per heavy atom. The summed E-state index contributed by atoms with van der Waals surface area (Å²) in [7, 11) is 0. The third kappa shape index (κ3) is 3.15. The van der Waals surface area contributed by atoms with Crippen molar-refractivity contribution >= 4 is 11.6 Å². The molecule has 1 saturated heterocycles. The van der Waals surface area contributed by atoms with Gasteiger partial charge in [-0.25, -0.2) is 4.98 Å². The first-order chi connectivity index (χ1) is 12.2. The molecule has 3 heterocycles. The Kier molecular flexibility index (Phi) is 4.24. The number of aryl methyl sites for hydroxylation is 1. The van der Waals surface area contributed by atoms with Gasteiger partial charge in [-0.3, -0.25) is 9.20 Å². The average Bonchev–Trinajstić information content (AvgIpc) is 2.89. The van der Waals surface area contributed by atoms with Gasteiger partial charge in [-0.1, -0.05) is 30.3 Å². The summed E-state index contributed by atoms with van der Waals surface area (Å²) in [6, 6.07) is 14.5. The molecule has 0 radical (unpaired) electrons. The van der Waals surface area contributed by atoms with Gasteiger partial charge in [0.25, 0.3) is 5.91 Å². The van der Waals surface area contributed by atoms with Crippen molar-refractivity contribution in [2.24, 2.45) is 0 Å². The second-order valence-corrected chi connectivity index (χ2v) is 6.60. The Balaban J connectivity index is 1.61. The number of hydrogen-bond donors (Lipinski definition) is 1. The van der Waals surface area contributed by atoms with Crippen molar-refractivity contribution < 1.29 is 4.79 Å². The van der Waals surface area contributed by atoms with E-state index >= 15 is 0 Å². The summed E-state index contributed by atoms with van der Waals surface area (Å²) >= 11 is 0. The average molecular weight is 334 g/mol. The minimum atomic E-state index is 0.0426. The van der Waals surface area contributed by atoms with Crippen LogP contribution in [0.15, 0.2) is 54.9 Å². The Bertz CT molecular complexity index is 887. The monoisotopic (exact) mass is 334 g/mol. The highest BCUT2D eigenvalue weighted by molar-refractivity contribution is 5.93. The number of hydrogen-bond acceptors (Lipinski definition) is 3. The minimum absolute atomic E-state index is 0.0426. The summed E-state index contributed by atoms with van der Waals surface area (Å²) in [4.78, 5) is 19.5. The maximum Gasteiger partial charge on any atom is 0.272 e. The summed E-state index contributed by atoms with van der Waals surface area (Å²) < 4.78 is 1.88. The molecule has 1 unspecified atom stereocenters. The number of rotatable bonds is 2. The molecular weight excluding hydrogens is 312 g/mol. The van der Waals surface area contributed by atoms with Crippen molar-refractivity contribution in [3.63, 3.8) is 0 Å². The number of carbonyl (C=O) groups excluding carboxylic acids is 1. The zero-order chi connectivity index (χ0) is 17.2. The molecule has 5 nitrogen and oxygen atoms in total. The normalized spacial score (nSPS) is 18.3. The summed E-state index contributed by atoms with van der Waals surface area (Å²) in [6.07, 6.45) is 4.56. The molecule has 1 amide bonds. The number of imidazole rings is 1. The second kappa shape index (κ2) is 6.69. The fourth-order valence-electron chi connectivity index (χ4n) is 3.42. The van der Waals surface area contributed by atoms with E-state index < -0.39 is 0 Å². The number of carbonyl (C=O) groups is 1. The van der Waals surface area contributed by atoms with Gasteiger partial charge in [-0.05, 0) is 43.1 Å². The van der Waals surface area contributed by atoms with Gasteiger partial charge in [0, 0.05) is 25.3 Å². The molecule has 1 N–H and O–H groups in total. The van der Waals surface area contributed by atoms with Crippen LogP contribution >= 0.6 is 0 Å². The van der Waals surface area contributed by atoms with Crippen LogP contribution in [0.2, 0.25) is 0 Å². The topological polar surface area (TPSA) is 49.6 Å². The van der Waals surface area contributed by atoms with Crippen molar-refractivity contribution in [2.45, 2.75) is 19.4 Å². The van der Waals surface area contributed by atoms with E-state index in [9.17, 15) is 4.79 Å². The zero-order valence-electron chi connectivity index (χ0n) is 14.4. The molecular formula is C20H22N4O. The van der Waals surface area contributed by atoms with Gasteiger partial charge in [-0.2, -0.15) is 0 Å². The van der Waals surface area contributed by atoms with E-state index in [0.717, 1.165) is 30.7 Å². The molecule has 0 aliphatic carbocycles. The molecule has 1 aliphatic heterocycles. The molecule has 1 atom stereocenters. The lowest BCUT2D eigenvalue weighted by molar-refractivity contribution is 0.0746. The van der Waals surface area contributed by atoms with Crippen LogP contribution in [0.1, 0.15) is 34.1 Å². The highest BCUT2D eigenvalue weighted by Gasteiger charge is 2.25. The third-order valence-corrected chi connectivity index (χ3v) is 4.78. The predicted molar refractivity (Wildman–Crippen MR) is 97.6 cm³/mol. The van der Waals surface area contributed by atoms with Gasteiger partial charge in [0.05, 0.1) is 6.20 Å². The molecule has 4 rings (SSSR count). The third-order valence-electron chi connectivity index (χ3n) is 4.78. The Morgan fingerprint density at radius 2 is 2.08 bits per heavy atom. The molecule has 1 aliphatic rings. The van der Waals surface area contributed by atoms with Gasteiger partial charge in [0.15, 0.2) is 0 Å². The molecule has 2 aromatic heterocycles. The molecule has 0 bridgehead atoms. The van der Waals surface area contributed by atoms with E-state index in [1.54, 1.807) is 6.20 Å². The molecule has 0 spiro atoms. The van der Waals surface area contributed by atoms with Crippen LogP contribution < -0.4 is 5.32 Å². The number of nitrogens with zero attached hydrogens (tertiary/aromatic N) is 3. The van der Waals surface area contributed by atoms with Crippen LogP contribution in [0.4, 0.5) is 0 Å². The highest BCUT2D eigenvalue weighted by atomic mass is 16.2. The summed E-state index contributed by atoms with van der Waals surface area (Å²) in [6.45, 7) is 4.37. The van der Waals surface area contributed by atoms with E-state index in [1.807, 2.05) is 52.8 Å². The highest BCUT2D eigenvalue weighted by Crippen LogP contribution is 2.19. The Hall–Kier alpha value is -2.66. The number of pyridine rings is 1. The first-order valence-electron chi connectivity index (χ1n) is 8.74. The number of fused-ring (bicyclic) bond motifs is 1. The number of nitrogens with one attached hydrogen (secondary N) is 1. The summed E-state index contributed by atoms with van der Waals surface area (Å²) in [5.41, 5.74) is 3.80. The fraction of sp³-hybridized carbons (Fsp3) is 0.300. The number of benzene rings is 1. The van der Waals surface area contributed by atoms with Crippen LogP contribution in [0.5, 0.6) is 0 Å². The Labute approximate surface area is 147 Å².